The minimum atomic E-state index is -0.683. The second kappa shape index (κ2) is 15.8. The summed E-state index contributed by atoms with van der Waals surface area (Å²) in [5.74, 6) is 0. The predicted molar refractivity (Wildman–Crippen MR) is 311 cm³/mol. The fourth-order valence-electron chi connectivity index (χ4n) is 12.9. The normalized spacial score (nSPS) is 13.0. The standard InChI is InChI=1S/C69H42N4S/c1-3-21-45(22-4-1)72(60-39-43-19-7-9-25-48(43)66-53(60)30-17-37-70-66)47-35-36-52-58(41-47)69(56-32-14-11-27-50(56)51-28-12-15-33-57(51)69)59-42-62(65-55-29-13-16-34-63(55)74-68(65)64(52)59)73(46-23-5-2-6-24-46)61-40-44-20-8-10-26-49(44)67-54(61)31-18-38-71-67/h1-42H. The van der Waals surface area contributed by atoms with E-state index in [9.17, 15) is 0 Å². The van der Waals surface area contributed by atoms with Crippen LogP contribution < -0.4 is 9.80 Å². The minimum absolute atomic E-state index is 0.683. The van der Waals surface area contributed by atoms with E-state index in [-0.39, 0.29) is 0 Å². The van der Waals surface area contributed by atoms with Gasteiger partial charge >= 0.3 is 0 Å². The number of hydrogen-bond donors (Lipinski definition) is 0. The molecule has 4 nitrogen and oxygen atoms in total. The smallest absolute Gasteiger partial charge is 0.0801 e. The van der Waals surface area contributed by atoms with Crippen molar-refractivity contribution in [3.8, 4) is 22.3 Å². The molecule has 0 amide bonds. The average Bonchev–Trinajstić information content (AvgIpc) is 4.25. The molecule has 344 valence electrons. The van der Waals surface area contributed by atoms with Gasteiger partial charge < -0.3 is 9.80 Å². The van der Waals surface area contributed by atoms with Gasteiger partial charge in [0.1, 0.15) is 0 Å². The second-order valence-corrected chi connectivity index (χ2v) is 20.6. The first-order chi connectivity index (χ1) is 36.7. The van der Waals surface area contributed by atoms with Crippen LogP contribution in [0.3, 0.4) is 0 Å². The van der Waals surface area contributed by atoms with Crippen molar-refractivity contribution in [2.24, 2.45) is 0 Å². The van der Waals surface area contributed by atoms with E-state index in [0.717, 1.165) is 77.5 Å². The van der Waals surface area contributed by atoms with Crippen molar-refractivity contribution in [3.63, 3.8) is 0 Å². The predicted octanol–water partition coefficient (Wildman–Crippen LogP) is 18.7. The van der Waals surface area contributed by atoms with Crippen molar-refractivity contribution < 1.29 is 0 Å². The number of anilines is 6. The topological polar surface area (TPSA) is 32.3 Å². The van der Waals surface area contributed by atoms with Crippen LogP contribution in [0.2, 0.25) is 0 Å². The first kappa shape index (κ1) is 41.2. The summed E-state index contributed by atoms with van der Waals surface area (Å²) >= 11 is 1.91. The molecule has 2 aliphatic rings. The summed E-state index contributed by atoms with van der Waals surface area (Å²) in [6.07, 6.45) is 3.84. The Balaban J connectivity index is 1.05. The van der Waals surface area contributed by atoms with Crippen molar-refractivity contribution >= 4 is 109 Å². The van der Waals surface area contributed by atoms with E-state index < -0.39 is 5.41 Å². The van der Waals surface area contributed by atoms with Gasteiger partial charge in [-0.1, -0.05) is 158 Å². The van der Waals surface area contributed by atoms with Gasteiger partial charge in [-0.15, -0.1) is 11.3 Å². The number of para-hydroxylation sites is 2. The lowest BCUT2D eigenvalue weighted by atomic mass is 9.70. The van der Waals surface area contributed by atoms with Crippen molar-refractivity contribution in [2.75, 3.05) is 9.80 Å². The van der Waals surface area contributed by atoms with Gasteiger partial charge in [-0.3, -0.25) is 9.97 Å². The Labute approximate surface area is 431 Å². The molecule has 3 aromatic heterocycles. The Kier molecular flexibility index (Phi) is 8.80. The van der Waals surface area contributed by atoms with Crippen LogP contribution >= 0.6 is 11.3 Å². The molecule has 74 heavy (non-hydrogen) atoms. The number of hydrogen-bond acceptors (Lipinski definition) is 5. The van der Waals surface area contributed by atoms with E-state index in [4.69, 9.17) is 9.97 Å². The maximum Gasteiger partial charge on any atom is 0.0801 e. The number of nitrogens with zero attached hydrogens (tertiary/aromatic N) is 4. The summed E-state index contributed by atoms with van der Waals surface area (Å²) in [7, 11) is 0. The Bertz CT molecular complexity index is 4590. The molecule has 11 aromatic carbocycles. The Morgan fingerprint density at radius 3 is 1.49 bits per heavy atom. The van der Waals surface area contributed by atoms with Crippen LogP contribution in [0.15, 0.2) is 255 Å². The van der Waals surface area contributed by atoms with Gasteiger partial charge in [-0.2, -0.15) is 0 Å². The summed E-state index contributed by atoms with van der Waals surface area (Å²) in [4.78, 5) is 15.1. The van der Waals surface area contributed by atoms with E-state index in [2.05, 4.69) is 252 Å². The summed E-state index contributed by atoms with van der Waals surface area (Å²) in [6.45, 7) is 0. The molecule has 3 heterocycles. The molecule has 0 N–H and O–H groups in total. The minimum Gasteiger partial charge on any atom is -0.310 e. The van der Waals surface area contributed by atoms with E-state index in [1.165, 1.54) is 64.7 Å². The highest BCUT2D eigenvalue weighted by atomic mass is 32.1. The maximum absolute atomic E-state index is 5.10. The van der Waals surface area contributed by atoms with E-state index in [0.29, 0.717) is 0 Å². The molecule has 0 unspecified atom stereocenters. The van der Waals surface area contributed by atoms with Crippen LogP contribution in [0.1, 0.15) is 22.3 Å². The summed E-state index contributed by atoms with van der Waals surface area (Å²) in [6, 6.07) is 89.7. The molecule has 5 heteroatoms. The molecule has 0 atom stereocenters. The van der Waals surface area contributed by atoms with E-state index in [1.807, 2.05) is 23.7 Å². The molecule has 14 aromatic rings. The zero-order valence-corrected chi connectivity index (χ0v) is 40.8. The van der Waals surface area contributed by atoms with E-state index >= 15 is 0 Å². The van der Waals surface area contributed by atoms with Crippen LogP contribution in [0.5, 0.6) is 0 Å². The number of pyridine rings is 2. The third-order valence-electron chi connectivity index (χ3n) is 15.9. The van der Waals surface area contributed by atoms with Crippen LogP contribution in [0, 0.1) is 0 Å². The largest absolute Gasteiger partial charge is 0.310 e. The Hall–Kier alpha value is -9.42. The molecule has 0 bridgehead atoms. The van der Waals surface area contributed by atoms with Gasteiger partial charge in [-0.25, -0.2) is 0 Å². The van der Waals surface area contributed by atoms with E-state index in [1.54, 1.807) is 0 Å². The lowest BCUT2D eigenvalue weighted by Gasteiger charge is -2.34. The van der Waals surface area contributed by atoms with Crippen LogP contribution in [0.25, 0.3) is 85.8 Å². The molecule has 0 saturated carbocycles. The first-order valence-corrected chi connectivity index (χ1v) is 26.1. The first-order valence-electron chi connectivity index (χ1n) is 25.3. The van der Waals surface area contributed by atoms with Crippen molar-refractivity contribution in [1.29, 1.82) is 0 Å². The highest BCUT2D eigenvalue weighted by Gasteiger charge is 2.53. The summed E-state index contributed by atoms with van der Waals surface area (Å²) < 4.78 is 2.54. The molecule has 1 spiro atoms. The zero-order chi connectivity index (χ0) is 48.5. The van der Waals surface area contributed by atoms with Crippen LogP contribution in [-0.4, -0.2) is 9.97 Å². The molecular formula is C69H42N4S. The zero-order valence-electron chi connectivity index (χ0n) is 39.9. The van der Waals surface area contributed by atoms with Gasteiger partial charge in [0.2, 0.25) is 0 Å². The lowest BCUT2D eigenvalue weighted by Crippen LogP contribution is -2.26. The van der Waals surface area contributed by atoms with Gasteiger partial charge in [0.15, 0.2) is 0 Å². The fraction of sp³-hybridized carbons (Fsp3) is 0.0145. The molecule has 0 saturated heterocycles. The molecule has 0 radical (unpaired) electrons. The average molecular weight is 959 g/mol. The SMILES string of the molecule is c1ccc(N(c2ccc3c(c2)C2(c4ccccc4-c4ccccc42)c2cc(N(c4ccccc4)c4cc5ccccc5c5ncccc45)c4c(sc5ccccc54)c2-3)c2cc3ccccc3c3ncccc23)cc1. The van der Waals surface area contributed by atoms with Crippen molar-refractivity contribution in [1.82, 2.24) is 9.97 Å². The van der Waals surface area contributed by atoms with Crippen LogP contribution in [0.4, 0.5) is 34.1 Å². The highest BCUT2D eigenvalue weighted by Crippen LogP contribution is 2.67. The summed E-state index contributed by atoms with van der Waals surface area (Å²) in [5, 5.41) is 9.26. The molecular weight excluding hydrogens is 917 g/mol. The van der Waals surface area contributed by atoms with Crippen molar-refractivity contribution in [3.05, 3.63) is 277 Å². The fourth-order valence-corrected chi connectivity index (χ4v) is 14.2. The monoisotopic (exact) mass is 958 g/mol. The van der Waals surface area contributed by atoms with Gasteiger partial charge in [0.05, 0.1) is 33.5 Å². The molecule has 16 rings (SSSR count). The molecule has 2 aliphatic carbocycles. The lowest BCUT2D eigenvalue weighted by molar-refractivity contribution is 0.794. The number of rotatable bonds is 6. The Morgan fingerprint density at radius 2 is 0.851 bits per heavy atom. The number of benzene rings is 11. The number of aromatic nitrogens is 2. The third-order valence-corrected chi connectivity index (χ3v) is 17.0. The summed E-state index contributed by atoms with van der Waals surface area (Å²) in [5.41, 5.74) is 18.1. The number of thiophene rings is 1. The van der Waals surface area contributed by atoms with Crippen LogP contribution in [-0.2, 0) is 5.41 Å². The van der Waals surface area contributed by atoms with Gasteiger partial charge in [0.25, 0.3) is 0 Å². The Morgan fingerprint density at radius 1 is 0.338 bits per heavy atom. The third kappa shape index (κ3) is 5.67. The van der Waals surface area contributed by atoms with Gasteiger partial charge in [-0.05, 0) is 135 Å². The highest BCUT2D eigenvalue weighted by molar-refractivity contribution is 7.26. The van der Waals surface area contributed by atoms with Gasteiger partial charge in [0, 0.05) is 76.7 Å². The second-order valence-electron chi connectivity index (χ2n) is 19.6. The van der Waals surface area contributed by atoms with Crippen molar-refractivity contribution in [2.45, 2.75) is 5.41 Å². The molecule has 0 aliphatic heterocycles. The molecule has 0 fully saturated rings. The number of fused-ring (bicyclic) bond motifs is 20. The maximum atomic E-state index is 5.10. The quantitative estimate of drug-likeness (QED) is 0.155.